The Morgan fingerprint density at radius 2 is 0.840 bits per heavy atom. The summed E-state index contributed by atoms with van der Waals surface area (Å²) in [7, 11) is 0. The van der Waals surface area contributed by atoms with Crippen LogP contribution in [-0.2, 0) is 4.79 Å². The van der Waals surface area contributed by atoms with Crippen LogP contribution in [0.1, 0.15) is 163 Å². The highest BCUT2D eigenvalue weighted by atomic mass is 35.5. The van der Waals surface area contributed by atoms with Gasteiger partial charge in [0.2, 0.25) is 0 Å². The zero-order valence-corrected chi connectivity index (χ0v) is 31.6. The van der Waals surface area contributed by atoms with E-state index in [1.807, 2.05) is 24.3 Å². The van der Waals surface area contributed by atoms with E-state index in [0.717, 1.165) is 48.6 Å². The summed E-state index contributed by atoms with van der Waals surface area (Å²) in [5.41, 5.74) is 4.26. The van der Waals surface area contributed by atoms with Crippen molar-refractivity contribution in [3.05, 3.63) is 70.8 Å². The van der Waals surface area contributed by atoms with Crippen molar-refractivity contribution in [3.8, 4) is 12.1 Å². The number of rotatable bonds is 12. The van der Waals surface area contributed by atoms with Crippen molar-refractivity contribution in [2.75, 3.05) is 0 Å². The summed E-state index contributed by atoms with van der Waals surface area (Å²) < 4.78 is 0. The SMILES string of the molecule is N#Cc1ccc([C@H]2CC[C@H](CC(Cl)C3CCC(CC(=O)C[C@H]4CC[C@H](C(Cl)C[C@H]5CC[C@H](c6ccc(C#N)cc6)CC5)CC4)CC3)CC2)cc1. The number of hydrogen-bond donors (Lipinski definition) is 0. The van der Waals surface area contributed by atoms with Crippen LogP contribution in [0.25, 0.3) is 0 Å². The van der Waals surface area contributed by atoms with Gasteiger partial charge < -0.3 is 0 Å². The van der Waals surface area contributed by atoms with Gasteiger partial charge >= 0.3 is 0 Å². The summed E-state index contributed by atoms with van der Waals surface area (Å²) in [5, 5.41) is 18.7. The average molecular weight is 714 g/mol. The van der Waals surface area contributed by atoms with Gasteiger partial charge in [-0.2, -0.15) is 10.5 Å². The lowest BCUT2D eigenvalue weighted by Crippen LogP contribution is -2.27. The molecule has 3 nitrogen and oxygen atoms in total. The first-order valence-corrected chi connectivity index (χ1v) is 21.0. The molecular formula is C45H58Cl2N2O. The van der Waals surface area contributed by atoms with E-state index in [0.29, 0.717) is 41.3 Å². The first-order chi connectivity index (χ1) is 24.4. The molecule has 0 amide bonds. The Kier molecular flexibility index (Phi) is 13.8. The highest BCUT2D eigenvalue weighted by Gasteiger charge is 2.33. The molecule has 2 unspecified atom stereocenters. The molecule has 4 fully saturated rings. The smallest absolute Gasteiger partial charge is 0.133 e. The highest BCUT2D eigenvalue weighted by molar-refractivity contribution is 6.21. The van der Waals surface area contributed by atoms with Crippen molar-refractivity contribution in [1.82, 2.24) is 0 Å². The molecule has 0 radical (unpaired) electrons. The summed E-state index contributed by atoms with van der Waals surface area (Å²) in [6, 6.07) is 20.9. The molecule has 0 saturated heterocycles. The fraction of sp³-hybridized carbons (Fsp3) is 0.667. The van der Waals surface area contributed by atoms with Crippen LogP contribution < -0.4 is 0 Å². The van der Waals surface area contributed by atoms with E-state index in [-0.39, 0.29) is 10.8 Å². The molecule has 5 heteroatoms. The summed E-state index contributed by atoms with van der Waals surface area (Å²) in [6.45, 7) is 0. The lowest BCUT2D eigenvalue weighted by Gasteiger charge is -2.35. The number of halogens is 2. The maximum atomic E-state index is 13.2. The van der Waals surface area contributed by atoms with Gasteiger partial charge in [0.15, 0.2) is 0 Å². The third kappa shape index (κ3) is 10.4. The number of nitriles is 2. The van der Waals surface area contributed by atoms with Gasteiger partial charge in [-0.1, -0.05) is 24.3 Å². The Bertz CT molecular complexity index is 1320. The molecule has 2 aromatic rings. The number of alkyl halides is 2. The van der Waals surface area contributed by atoms with Crippen molar-refractivity contribution in [1.29, 1.82) is 10.5 Å². The van der Waals surface area contributed by atoms with E-state index in [9.17, 15) is 4.79 Å². The first-order valence-electron chi connectivity index (χ1n) is 20.2. The number of carbonyl (C=O) groups is 1. The second-order valence-corrected chi connectivity index (χ2v) is 18.0. The molecule has 50 heavy (non-hydrogen) atoms. The predicted molar refractivity (Wildman–Crippen MR) is 205 cm³/mol. The molecule has 0 aromatic heterocycles. The summed E-state index contributed by atoms with van der Waals surface area (Å²) in [5.74, 6) is 5.54. The van der Waals surface area contributed by atoms with Crippen molar-refractivity contribution < 1.29 is 4.79 Å². The number of hydrogen-bond acceptors (Lipinski definition) is 3. The van der Waals surface area contributed by atoms with Crippen molar-refractivity contribution in [3.63, 3.8) is 0 Å². The molecule has 4 aliphatic carbocycles. The lowest BCUT2D eigenvalue weighted by molar-refractivity contribution is -0.121. The van der Waals surface area contributed by atoms with Crippen molar-refractivity contribution in [2.45, 2.75) is 151 Å². The van der Waals surface area contributed by atoms with E-state index in [1.165, 1.54) is 114 Å². The van der Waals surface area contributed by atoms with Crippen LogP contribution in [0.3, 0.4) is 0 Å². The quantitative estimate of drug-likeness (QED) is 0.206. The molecule has 268 valence electrons. The topological polar surface area (TPSA) is 64.7 Å². The summed E-state index contributed by atoms with van der Waals surface area (Å²) >= 11 is 14.1. The molecule has 0 spiro atoms. The third-order valence-electron chi connectivity index (χ3n) is 13.7. The number of carbonyl (C=O) groups excluding carboxylic acids is 1. The molecule has 4 aliphatic rings. The first kappa shape index (κ1) is 37.4. The minimum atomic E-state index is 0.271. The van der Waals surface area contributed by atoms with Gasteiger partial charge in [0.1, 0.15) is 5.78 Å². The van der Waals surface area contributed by atoms with Gasteiger partial charge in [-0.3, -0.25) is 4.79 Å². The van der Waals surface area contributed by atoms with E-state index in [1.54, 1.807) is 0 Å². The van der Waals surface area contributed by atoms with Gasteiger partial charge in [-0.05, 0) is 198 Å². The molecule has 0 bridgehead atoms. The normalized spacial score (nSPS) is 31.5. The van der Waals surface area contributed by atoms with Crippen LogP contribution >= 0.6 is 23.2 Å². The Morgan fingerprint density at radius 3 is 1.16 bits per heavy atom. The van der Waals surface area contributed by atoms with Crippen LogP contribution in [0.5, 0.6) is 0 Å². The standard InChI is InChI=1S/C45H58Cl2N2O/c46-44(27-33-1-13-37(14-2-33)39-17-9-35(29-48)10-18-39)41-21-5-31(6-22-41)25-43(50)26-32-7-23-42(24-8-32)45(47)28-34-3-15-38(16-4-34)40-19-11-36(30-49)12-20-40/h9-12,17-20,31-34,37-38,41-42,44-45H,1-8,13-16,21-28H2/t31-,32?,33-,34-,37-,38-,41-,42?,44?,45?. The fourth-order valence-corrected chi connectivity index (χ4v) is 11.4. The Hall–Kier alpha value is -2.33. The van der Waals surface area contributed by atoms with Gasteiger partial charge in [0.25, 0.3) is 0 Å². The van der Waals surface area contributed by atoms with Crippen molar-refractivity contribution >= 4 is 29.0 Å². The van der Waals surface area contributed by atoms with Crippen LogP contribution in [0, 0.1) is 58.2 Å². The molecule has 0 heterocycles. The molecule has 2 aromatic carbocycles. The second kappa shape index (κ2) is 18.4. The molecule has 2 atom stereocenters. The molecule has 6 rings (SSSR count). The van der Waals surface area contributed by atoms with E-state index in [2.05, 4.69) is 36.4 Å². The average Bonchev–Trinajstić information content (AvgIpc) is 3.16. The Morgan fingerprint density at radius 1 is 0.520 bits per heavy atom. The molecule has 0 N–H and O–H groups in total. The number of Topliss-reactive ketones (excluding diaryl/α,β-unsaturated/α-hetero) is 1. The maximum Gasteiger partial charge on any atom is 0.133 e. The molecule has 0 aliphatic heterocycles. The predicted octanol–water partition coefficient (Wildman–Crippen LogP) is 12.6. The summed E-state index contributed by atoms with van der Waals surface area (Å²) in [4.78, 5) is 13.2. The lowest BCUT2D eigenvalue weighted by atomic mass is 9.72. The van der Waals surface area contributed by atoms with Crippen LogP contribution in [0.2, 0.25) is 0 Å². The molecular weight excluding hydrogens is 655 g/mol. The zero-order chi connectivity index (χ0) is 34.9. The van der Waals surface area contributed by atoms with E-state index >= 15 is 0 Å². The van der Waals surface area contributed by atoms with E-state index in [4.69, 9.17) is 33.7 Å². The molecule has 4 saturated carbocycles. The van der Waals surface area contributed by atoms with Gasteiger partial charge in [0.05, 0.1) is 23.3 Å². The minimum Gasteiger partial charge on any atom is -0.300 e. The second-order valence-electron chi connectivity index (χ2n) is 16.9. The monoisotopic (exact) mass is 712 g/mol. The largest absolute Gasteiger partial charge is 0.300 e. The van der Waals surface area contributed by atoms with Gasteiger partial charge in [-0.15, -0.1) is 23.2 Å². The van der Waals surface area contributed by atoms with Crippen LogP contribution in [-0.4, -0.2) is 16.5 Å². The highest BCUT2D eigenvalue weighted by Crippen LogP contribution is 2.44. The van der Waals surface area contributed by atoms with Crippen LogP contribution in [0.4, 0.5) is 0 Å². The number of nitrogens with zero attached hydrogens (tertiary/aromatic N) is 2. The van der Waals surface area contributed by atoms with Gasteiger partial charge in [-0.25, -0.2) is 0 Å². The van der Waals surface area contributed by atoms with Crippen LogP contribution in [0.15, 0.2) is 48.5 Å². The zero-order valence-electron chi connectivity index (χ0n) is 30.1. The van der Waals surface area contributed by atoms with E-state index < -0.39 is 0 Å². The number of benzene rings is 2. The maximum absolute atomic E-state index is 13.2. The number of ketones is 1. The van der Waals surface area contributed by atoms with Gasteiger partial charge in [0, 0.05) is 23.6 Å². The Labute approximate surface area is 312 Å². The Balaban J connectivity index is 0.822. The third-order valence-corrected chi connectivity index (χ3v) is 14.7. The van der Waals surface area contributed by atoms with Crippen molar-refractivity contribution in [2.24, 2.45) is 35.5 Å². The summed E-state index contributed by atoms with van der Waals surface area (Å²) in [6.07, 6.45) is 23.2. The minimum absolute atomic E-state index is 0.271. The fourth-order valence-electron chi connectivity index (χ4n) is 10.4.